The number of nitrogens with zero attached hydrogens (tertiary/aromatic N) is 1. The summed E-state index contributed by atoms with van der Waals surface area (Å²) in [4.78, 5) is 4.11. The highest BCUT2D eigenvalue weighted by molar-refractivity contribution is 5.40. The highest BCUT2D eigenvalue weighted by Gasteiger charge is 2.01. The first-order valence-corrected chi connectivity index (χ1v) is 5.89. The van der Waals surface area contributed by atoms with Crippen LogP contribution in [0.3, 0.4) is 0 Å². The zero-order valence-electron chi connectivity index (χ0n) is 10.6. The standard InChI is InChI=1S/C14H16N2O3/c1-19-14-5-3-11(9-16-14)8-15-7-10-2-4-12(17)13(18)6-10/h2-6,9,15,17-18H,7-8H2,1H3. The monoisotopic (exact) mass is 260 g/mol. The van der Waals surface area contributed by atoms with Crippen molar-refractivity contribution in [2.75, 3.05) is 7.11 Å². The van der Waals surface area contributed by atoms with Crippen molar-refractivity contribution in [3.8, 4) is 17.4 Å². The normalized spacial score (nSPS) is 10.4. The van der Waals surface area contributed by atoms with Gasteiger partial charge in [0.2, 0.25) is 5.88 Å². The predicted octanol–water partition coefficient (Wildman–Crippen LogP) is 1.79. The third kappa shape index (κ3) is 3.59. The Morgan fingerprint density at radius 1 is 1.05 bits per heavy atom. The second-order valence-corrected chi connectivity index (χ2v) is 4.14. The number of benzene rings is 1. The van der Waals surface area contributed by atoms with Crippen LogP contribution < -0.4 is 10.1 Å². The fourth-order valence-corrected chi connectivity index (χ4v) is 1.67. The second kappa shape index (κ2) is 6.06. The van der Waals surface area contributed by atoms with Gasteiger partial charge in [-0.3, -0.25) is 0 Å². The number of rotatable bonds is 5. The largest absolute Gasteiger partial charge is 0.504 e. The van der Waals surface area contributed by atoms with E-state index in [-0.39, 0.29) is 11.5 Å². The number of aromatic hydroxyl groups is 2. The smallest absolute Gasteiger partial charge is 0.212 e. The Labute approximate surface area is 111 Å². The van der Waals surface area contributed by atoms with Gasteiger partial charge in [-0.2, -0.15) is 0 Å². The molecule has 3 N–H and O–H groups in total. The van der Waals surface area contributed by atoms with Gasteiger partial charge in [0.15, 0.2) is 11.5 Å². The van der Waals surface area contributed by atoms with E-state index in [0.717, 1.165) is 11.1 Å². The molecule has 0 aliphatic rings. The third-order valence-electron chi connectivity index (χ3n) is 2.70. The SMILES string of the molecule is COc1ccc(CNCc2ccc(O)c(O)c2)cn1. The molecule has 0 fully saturated rings. The van der Waals surface area contributed by atoms with Gasteiger partial charge < -0.3 is 20.3 Å². The minimum atomic E-state index is -0.108. The zero-order valence-corrected chi connectivity index (χ0v) is 10.6. The van der Waals surface area contributed by atoms with Gasteiger partial charge in [0.1, 0.15) is 0 Å². The molecule has 0 saturated carbocycles. The number of hydrogen-bond acceptors (Lipinski definition) is 5. The minimum absolute atomic E-state index is 0.106. The molecule has 2 rings (SSSR count). The van der Waals surface area contributed by atoms with Crippen LogP contribution in [-0.4, -0.2) is 22.3 Å². The lowest BCUT2D eigenvalue weighted by atomic mass is 10.2. The molecule has 0 saturated heterocycles. The van der Waals surface area contributed by atoms with E-state index in [4.69, 9.17) is 4.74 Å². The van der Waals surface area contributed by atoms with E-state index in [1.54, 1.807) is 19.4 Å². The van der Waals surface area contributed by atoms with E-state index in [0.29, 0.717) is 19.0 Å². The van der Waals surface area contributed by atoms with Crippen LogP contribution in [0.25, 0.3) is 0 Å². The molecule has 0 bridgehead atoms. The van der Waals surface area contributed by atoms with E-state index in [2.05, 4.69) is 10.3 Å². The first-order chi connectivity index (χ1) is 9.19. The predicted molar refractivity (Wildman–Crippen MR) is 71.1 cm³/mol. The fourth-order valence-electron chi connectivity index (χ4n) is 1.67. The summed E-state index contributed by atoms with van der Waals surface area (Å²) < 4.78 is 4.98. The number of hydrogen-bond donors (Lipinski definition) is 3. The van der Waals surface area contributed by atoms with Gasteiger partial charge in [0.05, 0.1) is 7.11 Å². The number of nitrogens with one attached hydrogen (secondary N) is 1. The molecule has 5 heteroatoms. The van der Waals surface area contributed by atoms with E-state index < -0.39 is 0 Å². The summed E-state index contributed by atoms with van der Waals surface area (Å²) in [6, 6.07) is 8.51. The topological polar surface area (TPSA) is 74.6 Å². The van der Waals surface area contributed by atoms with Gasteiger partial charge in [-0.05, 0) is 23.3 Å². The summed E-state index contributed by atoms with van der Waals surface area (Å²) in [5.41, 5.74) is 1.94. The lowest BCUT2D eigenvalue weighted by molar-refractivity contribution is 0.397. The van der Waals surface area contributed by atoms with Crippen molar-refractivity contribution in [2.45, 2.75) is 13.1 Å². The Bertz CT molecular complexity index is 541. The van der Waals surface area contributed by atoms with Crippen molar-refractivity contribution in [2.24, 2.45) is 0 Å². The maximum Gasteiger partial charge on any atom is 0.212 e. The first-order valence-electron chi connectivity index (χ1n) is 5.89. The van der Waals surface area contributed by atoms with E-state index in [9.17, 15) is 10.2 Å². The number of phenolic OH excluding ortho intramolecular Hbond substituents is 2. The van der Waals surface area contributed by atoms with Crippen molar-refractivity contribution in [1.82, 2.24) is 10.3 Å². The summed E-state index contributed by atoms with van der Waals surface area (Å²) in [7, 11) is 1.58. The summed E-state index contributed by atoms with van der Waals surface area (Å²) in [6.45, 7) is 1.26. The molecule has 0 aliphatic heterocycles. The van der Waals surface area contributed by atoms with Crippen LogP contribution in [0.15, 0.2) is 36.5 Å². The molecule has 0 atom stereocenters. The van der Waals surface area contributed by atoms with Gasteiger partial charge in [-0.15, -0.1) is 0 Å². The molecule has 0 amide bonds. The van der Waals surface area contributed by atoms with Crippen LogP contribution in [0, 0.1) is 0 Å². The molecule has 0 unspecified atom stereocenters. The molecule has 1 aromatic carbocycles. The van der Waals surface area contributed by atoms with Crippen molar-refractivity contribution in [1.29, 1.82) is 0 Å². The third-order valence-corrected chi connectivity index (χ3v) is 2.70. The molecule has 5 nitrogen and oxygen atoms in total. The number of aromatic nitrogens is 1. The Hall–Kier alpha value is -2.27. The van der Waals surface area contributed by atoms with Gasteiger partial charge in [-0.1, -0.05) is 12.1 Å². The van der Waals surface area contributed by atoms with Crippen LogP contribution >= 0.6 is 0 Å². The Morgan fingerprint density at radius 3 is 2.42 bits per heavy atom. The zero-order chi connectivity index (χ0) is 13.7. The van der Waals surface area contributed by atoms with Crippen LogP contribution in [0.2, 0.25) is 0 Å². The first kappa shape index (κ1) is 13.2. The average molecular weight is 260 g/mol. The maximum absolute atomic E-state index is 9.37. The molecule has 100 valence electrons. The number of pyridine rings is 1. The Kier molecular flexibility index (Phi) is 4.20. The van der Waals surface area contributed by atoms with Crippen LogP contribution in [-0.2, 0) is 13.1 Å². The van der Waals surface area contributed by atoms with Gasteiger partial charge >= 0.3 is 0 Å². The van der Waals surface area contributed by atoms with E-state index >= 15 is 0 Å². The molecule has 2 aromatic rings. The molecule has 0 spiro atoms. The van der Waals surface area contributed by atoms with Crippen LogP contribution in [0.5, 0.6) is 17.4 Å². The van der Waals surface area contributed by atoms with E-state index in [1.807, 2.05) is 12.1 Å². The summed E-state index contributed by atoms with van der Waals surface area (Å²) in [5.74, 6) is 0.376. The maximum atomic E-state index is 9.37. The summed E-state index contributed by atoms with van der Waals surface area (Å²) in [6.07, 6.45) is 1.75. The number of phenols is 2. The minimum Gasteiger partial charge on any atom is -0.504 e. The van der Waals surface area contributed by atoms with E-state index in [1.165, 1.54) is 12.1 Å². The highest BCUT2D eigenvalue weighted by atomic mass is 16.5. The molecular weight excluding hydrogens is 244 g/mol. The van der Waals surface area contributed by atoms with Crippen molar-refractivity contribution < 1.29 is 14.9 Å². The second-order valence-electron chi connectivity index (χ2n) is 4.14. The number of methoxy groups -OCH3 is 1. The lowest BCUT2D eigenvalue weighted by Crippen LogP contribution is -2.12. The van der Waals surface area contributed by atoms with Gasteiger partial charge in [-0.25, -0.2) is 4.98 Å². The average Bonchev–Trinajstić information content (AvgIpc) is 2.43. The number of ether oxygens (including phenoxy) is 1. The molecule has 1 heterocycles. The molecule has 0 radical (unpaired) electrons. The van der Waals surface area contributed by atoms with Crippen molar-refractivity contribution >= 4 is 0 Å². The molecule has 19 heavy (non-hydrogen) atoms. The molecule has 0 aliphatic carbocycles. The van der Waals surface area contributed by atoms with Gasteiger partial charge in [0.25, 0.3) is 0 Å². The van der Waals surface area contributed by atoms with Gasteiger partial charge in [0, 0.05) is 25.4 Å². The van der Waals surface area contributed by atoms with Crippen molar-refractivity contribution in [3.63, 3.8) is 0 Å². The Balaban J connectivity index is 1.86. The van der Waals surface area contributed by atoms with Crippen molar-refractivity contribution in [3.05, 3.63) is 47.7 Å². The highest BCUT2D eigenvalue weighted by Crippen LogP contribution is 2.24. The fraction of sp³-hybridized carbons (Fsp3) is 0.214. The molecule has 1 aromatic heterocycles. The Morgan fingerprint density at radius 2 is 1.79 bits per heavy atom. The molecular formula is C14H16N2O3. The van der Waals surface area contributed by atoms with Crippen LogP contribution in [0.4, 0.5) is 0 Å². The summed E-state index contributed by atoms with van der Waals surface area (Å²) >= 11 is 0. The van der Waals surface area contributed by atoms with Crippen LogP contribution in [0.1, 0.15) is 11.1 Å². The lowest BCUT2D eigenvalue weighted by Gasteiger charge is -2.06. The quantitative estimate of drug-likeness (QED) is 0.715. The summed E-state index contributed by atoms with van der Waals surface area (Å²) in [5, 5.41) is 21.8.